The number of benzene rings is 2. The first-order valence-electron chi connectivity index (χ1n) is 9.64. The number of carbonyl (C=O) groups is 2. The summed E-state index contributed by atoms with van der Waals surface area (Å²) >= 11 is 0. The third-order valence-corrected chi connectivity index (χ3v) is 5.65. The number of aromatic hydroxyl groups is 1. The Morgan fingerprint density at radius 1 is 1.25 bits per heavy atom. The van der Waals surface area contributed by atoms with Crippen LogP contribution in [-0.4, -0.2) is 48.6 Å². The normalized spacial score (nSPS) is 18.5. The van der Waals surface area contributed by atoms with Gasteiger partial charge < -0.3 is 19.6 Å². The van der Waals surface area contributed by atoms with E-state index in [1.807, 2.05) is 23.1 Å². The van der Waals surface area contributed by atoms with Crippen LogP contribution in [-0.2, 0) is 4.79 Å². The summed E-state index contributed by atoms with van der Waals surface area (Å²) in [6.07, 6.45) is 2.40. The Morgan fingerprint density at radius 3 is 2.82 bits per heavy atom. The lowest BCUT2D eigenvalue weighted by Crippen LogP contribution is -2.31. The van der Waals surface area contributed by atoms with Crippen LogP contribution in [0.3, 0.4) is 0 Å². The van der Waals surface area contributed by atoms with Gasteiger partial charge in [0.05, 0.1) is 12.7 Å². The lowest BCUT2D eigenvalue weighted by molar-refractivity contribution is -0.127. The maximum absolute atomic E-state index is 13.3. The fourth-order valence-electron chi connectivity index (χ4n) is 4.20. The van der Waals surface area contributed by atoms with Crippen molar-refractivity contribution in [2.24, 2.45) is 0 Å². The molecule has 1 atom stereocenters. The number of likely N-dealkylation sites (tertiary alicyclic amines) is 1. The highest BCUT2D eigenvalue weighted by molar-refractivity contribution is 6.09. The maximum atomic E-state index is 13.3. The molecule has 2 aliphatic heterocycles. The number of amides is 2. The van der Waals surface area contributed by atoms with E-state index in [1.54, 1.807) is 11.0 Å². The van der Waals surface area contributed by atoms with Gasteiger partial charge in [-0.25, -0.2) is 0 Å². The lowest BCUT2D eigenvalue weighted by Gasteiger charge is -2.21. The van der Waals surface area contributed by atoms with Gasteiger partial charge in [0.1, 0.15) is 11.5 Å². The molecule has 0 bridgehead atoms. The third kappa shape index (κ3) is 3.30. The monoisotopic (exact) mass is 380 g/mol. The second-order valence-electron chi connectivity index (χ2n) is 7.33. The number of carbonyl (C=O) groups excluding carboxylic acids is 2. The van der Waals surface area contributed by atoms with Crippen molar-refractivity contribution in [3.8, 4) is 11.5 Å². The summed E-state index contributed by atoms with van der Waals surface area (Å²) in [4.78, 5) is 28.9. The zero-order valence-electron chi connectivity index (χ0n) is 15.9. The van der Waals surface area contributed by atoms with Crippen molar-refractivity contribution in [3.63, 3.8) is 0 Å². The molecule has 28 heavy (non-hydrogen) atoms. The molecule has 146 valence electrons. The Kier molecular flexibility index (Phi) is 4.94. The van der Waals surface area contributed by atoms with Gasteiger partial charge in [-0.1, -0.05) is 18.2 Å². The zero-order valence-corrected chi connectivity index (χ0v) is 15.9. The number of phenols is 1. The fraction of sp³-hybridized carbons (Fsp3) is 0.364. The number of para-hydroxylation sites is 1. The van der Waals surface area contributed by atoms with Gasteiger partial charge in [-0.2, -0.15) is 0 Å². The first-order chi connectivity index (χ1) is 13.6. The number of hydrogen-bond acceptors (Lipinski definition) is 4. The highest BCUT2D eigenvalue weighted by Crippen LogP contribution is 2.40. The van der Waals surface area contributed by atoms with Gasteiger partial charge in [0.15, 0.2) is 0 Å². The predicted octanol–water partition coefficient (Wildman–Crippen LogP) is 3.16. The van der Waals surface area contributed by atoms with Gasteiger partial charge in [0.25, 0.3) is 5.91 Å². The van der Waals surface area contributed by atoms with E-state index < -0.39 is 0 Å². The van der Waals surface area contributed by atoms with Crippen LogP contribution >= 0.6 is 0 Å². The van der Waals surface area contributed by atoms with Crippen molar-refractivity contribution >= 4 is 17.5 Å². The smallest absolute Gasteiger partial charge is 0.262 e. The summed E-state index contributed by atoms with van der Waals surface area (Å²) in [5.74, 6) is 0.674. The van der Waals surface area contributed by atoms with Crippen molar-refractivity contribution in [3.05, 3.63) is 53.6 Å². The van der Waals surface area contributed by atoms with Crippen molar-refractivity contribution < 1.29 is 19.4 Å². The number of nitrogens with zero attached hydrogens (tertiary/aromatic N) is 2. The van der Waals surface area contributed by atoms with Crippen molar-refractivity contribution in [1.82, 2.24) is 4.90 Å². The highest BCUT2D eigenvalue weighted by atomic mass is 16.5. The minimum absolute atomic E-state index is 0.0285. The van der Waals surface area contributed by atoms with E-state index in [0.29, 0.717) is 24.3 Å². The third-order valence-electron chi connectivity index (χ3n) is 5.65. The van der Waals surface area contributed by atoms with Crippen LogP contribution in [0, 0.1) is 0 Å². The largest absolute Gasteiger partial charge is 0.508 e. The van der Waals surface area contributed by atoms with Crippen molar-refractivity contribution in [1.29, 1.82) is 0 Å². The Morgan fingerprint density at radius 2 is 2.07 bits per heavy atom. The predicted molar refractivity (Wildman–Crippen MR) is 106 cm³/mol. The molecule has 0 saturated carbocycles. The zero-order chi connectivity index (χ0) is 19.7. The quantitative estimate of drug-likeness (QED) is 0.865. The van der Waals surface area contributed by atoms with E-state index in [9.17, 15) is 14.7 Å². The summed E-state index contributed by atoms with van der Waals surface area (Å²) in [5, 5.41) is 9.84. The van der Waals surface area contributed by atoms with Crippen molar-refractivity contribution in [2.45, 2.75) is 25.2 Å². The number of phenolic OH excluding ortho intramolecular Hbond substituents is 1. The van der Waals surface area contributed by atoms with E-state index >= 15 is 0 Å². The Labute approximate surface area is 164 Å². The molecule has 1 N–H and O–H groups in total. The SMILES string of the molecule is COc1ccc(O)cc1C(=O)N1CC(CCN2CCCC2=O)c2ccccc21. The summed E-state index contributed by atoms with van der Waals surface area (Å²) < 4.78 is 5.32. The summed E-state index contributed by atoms with van der Waals surface area (Å²) in [6, 6.07) is 12.5. The number of methoxy groups -OCH3 is 1. The molecule has 2 aromatic carbocycles. The Hall–Kier alpha value is -3.02. The molecule has 6 nitrogen and oxygen atoms in total. The number of anilines is 1. The van der Waals surface area contributed by atoms with E-state index in [1.165, 1.54) is 19.2 Å². The van der Waals surface area contributed by atoms with E-state index in [4.69, 9.17) is 4.74 Å². The molecule has 0 spiro atoms. The van der Waals surface area contributed by atoms with E-state index in [2.05, 4.69) is 6.07 Å². The van der Waals surface area contributed by atoms with Crippen LogP contribution in [0.4, 0.5) is 5.69 Å². The summed E-state index contributed by atoms with van der Waals surface area (Å²) in [6.45, 7) is 2.10. The first kappa shape index (κ1) is 18.3. The summed E-state index contributed by atoms with van der Waals surface area (Å²) in [7, 11) is 1.51. The van der Waals surface area contributed by atoms with Gasteiger partial charge in [0, 0.05) is 37.7 Å². The molecular weight excluding hydrogens is 356 g/mol. The van der Waals surface area contributed by atoms with Crippen LogP contribution in [0.5, 0.6) is 11.5 Å². The standard InChI is InChI=1S/C22H24N2O4/c1-28-20-9-8-16(25)13-18(20)22(27)24-14-15(17-5-2-3-6-19(17)24)10-12-23-11-4-7-21(23)26/h2-3,5-6,8-9,13,15,25H,4,7,10-12,14H2,1H3. The van der Waals surface area contributed by atoms with E-state index in [-0.39, 0.29) is 23.5 Å². The molecule has 1 unspecified atom stereocenters. The van der Waals surface area contributed by atoms with E-state index in [0.717, 1.165) is 37.2 Å². The molecule has 2 amide bonds. The van der Waals surface area contributed by atoms with Gasteiger partial charge in [-0.05, 0) is 42.7 Å². The number of ether oxygens (including phenoxy) is 1. The van der Waals surface area contributed by atoms with Crippen LogP contribution < -0.4 is 9.64 Å². The second kappa shape index (κ2) is 7.54. The van der Waals surface area contributed by atoms with Gasteiger partial charge in [0.2, 0.25) is 5.91 Å². The summed E-state index contributed by atoms with van der Waals surface area (Å²) in [5.41, 5.74) is 2.35. The highest BCUT2D eigenvalue weighted by Gasteiger charge is 2.34. The average Bonchev–Trinajstić information content (AvgIpc) is 3.29. The number of rotatable bonds is 5. The molecule has 4 rings (SSSR count). The number of fused-ring (bicyclic) bond motifs is 1. The molecule has 0 aromatic heterocycles. The van der Waals surface area contributed by atoms with Gasteiger partial charge in [-0.15, -0.1) is 0 Å². The Bertz CT molecular complexity index is 911. The average molecular weight is 380 g/mol. The molecule has 1 saturated heterocycles. The molecule has 2 aliphatic rings. The topological polar surface area (TPSA) is 70.1 Å². The fourth-order valence-corrected chi connectivity index (χ4v) is 4.20. The van der Waals surface area contributed by atoms with Crippen LogP contribution in [0.2, 0.25) is 0 Å². The molecule has 1 fully saturated rings. The molecule has 2 aromatic rings. The maximum Gasteiger partial charge on any atom is 0.262 e. The Balaban J connectivity index is 1.58. The van der Waals surface area contributed by atoms with Crippen LogP contribution in [0.25, 0.3) is 0 Å². The minimum atomic E-state index is -0.194. The van der Waals surface area contributed by atoms with Crippen LogP contribution in [0.1, 0.15) is 41.1 Å². The van der Waals surface area contributed by atoms with Crippen molar-refractivity contribution in [2.75, 3.05) is 31.6 Å². The first-order valence-corrected chi connectivity index (χ1v) is 9.64. The molecule has 6 heteroatoms. The van der Waals surface area contributed by atoms with Gasteiger partial charge >= 0.3 is 0 Å². The minimum Gasteiger partial charge on any atom is -0.508 e. The molecule has 0 aliphatic carbocycles. The molecular formula is C22H24N2O4. The molecule has 2 heterocycles. The lowest BCUT2D eigenvalue weighted by atomic mass is 9.98. The second-order valence-corrected chi connectivity index (χ2v) is 7.33. The van der Waals surface area contributed by atoms with Crippen LogP contribution in [0.15, 0.2) is 42.5 Å². The van der Waals surface area contributed by atoms with Gasteiger partial charge in [-0.3, -0.25) is 9.59 Å². The molecule has 0 radical (unpaired) electrons. The number of hydrogen-bond donors (Lipinski definition) is 1.